The van der Waals surface area contributed by atoms with E-state index in [4.69, 9.17) is 5.11 Å². The fourth-order valence-corrected chi connectivity index (χ4v) is 1.93. The second-order valence-electron chi connectivity index (χ2n) is 4.26. The zero-order valence-electron chi connectivity index (χ0n) is 10.8. The molecule has 0 amide bonds. The number of aromatic nitrogens is 1. The molecule has 2 aromatic rings. The van der Waals surface area contributed by atoms with Gasteiger partial charge in [0.25, 0.3) is 0 Å². The summed E-state index contributed by atoms with van der Waals surface area (Å²) in [4.78, 5) is 22.6. The Morgan fingerprint density at radius 3 is 2.20 bits per heavy atom. The minimum Gasteiger partial charge on any atom is -0.478 e. The van der Waals surface area contributed by atoms with E-state index in [2.05, 4.69) is 0 Å². The standard InChI is InChI=1S/C15H13NO4/c1-16-8-4-5-10(16)9-13(15(19)20)11-6-2-3-7-12(11)14(17)18/h2-9H,1H3,(H,17,18)(H,19,20)/b13-9-. The summed E-state index contributed by atoms with van der Waals surface area (Å²) in [5.74, 6) is -2.32. The lowest BCUT2D eigenvalue weighted by atomic mass is 9.99. The molecule has 0 atom stereocenters. The molecule has 1 heterocycles. The lowest BCUT2D eigenvalue weighted by molar-refractivity contribution is -0.130. The fraction of sp³-hybridized carbons (Fsp3) is 0.0667. The van der Waals surface area contributed by atoms with Gasteiger partial charge in [0.1, 0.15) is 0 Å². The molecule has 2 N–H and O–H groups in total. The van der Waals surface area contributed by atoms with Crippen LogP contribution in [0.5, 0.6) is 0 Å². The number of benzene rings is 1. The smallest absolute Gasteiger partial charge is 0.336 e. The van der Waals surface area contributed by atoms with Gasteiger partial charge in [-0.05, 0) is 24.3 Å². The van der Waals surface area contributed by atoms with E-state index < -0.39 is 11.9 Å². The van der Waals surface area contributed by atoms with Gasteiger partial charge in [-0.2, -0.15) is 0 Å². The van der Waals surface area contributed by atoms with Crippen molar-refractivity contribution in [3.05, 3.63) is 59.4 Å². The first kappa shape index (κ1) is 13.6. The maximum absolute atomic E-state index is 11.4. The van der Waals surface area contributed by atoms with Gasteiger partial charge in [0, 0.05) is 24.5 Å². The third kappa shape index (κ3) is 2.61. The van der Waals surface area contributed by atoms with Crippen molar-refractivity contribution in [1.82, 2.24) is 4.57 Å². The van der Waals surface area contributed by atoms with Gasteiger partial charge in [-0.15, -0.1) is 0 Å². The summed E-state index contributed by atoms with van der Waals surface area (Å²) in [6.07, 6.45) is 3.25. The maximum atomic E-state index is 11.4. The molecule has 0 saturated heterocycles. The highest BCUT2D eigenvalue weighted by Crippen LogP contribution is 2.22. The third-order valence-corrected chi connectivity index (χ3v) is 2.95. The van der Waals surface area contributed by atoms with Crippen LogP contribution in [0.15, 0.2) is 42.6 Å². The molecule has 0 radical (unpaired) electrons. The van der Waals surface area contributed by atoms with E-state index in [0.717, 1.165) is 0 Å². The van der Waals surface area contributed by atoms with Gasteiger partial charge in [-0.3, -0.25) is 0 Å². The van der Waals surface area contributed by atoms with E-state index in [1.54, 1.807) is 42.1 Å². The molecule has 0 unspecified atom stereocenters. The van der Waals surface area contributed by atoms with Crippen molar-refractivity contribution in [3.8, 4) is 0 Å². The van der Waals surface area contributed by atoms with Crippen molar-refractivity contribution in [2.24, 2.45) is 7.05 Å². The number of aliphatic carboxylic acids is 1. The Morgan fingerprint density at radius 1 is 1.05 bits per heavy atom. The van der Waals surface area contributed by atoms with Gasteiger partial charge in [-0.25, -0.2) is 9.59 Å². The molecule has 2 rings (SSSR count). The number of nitrogens with zero attached hydrogens (tertiary/aromatic N) is 1. The third-order valence-electron chi connectivity index (χ3n) is 2.95. The SMILES string of the molecule is Cn1cccc1/C=C(\C(=O)O)c1ccccc1C(=O)O. The molecule has 5 nitrogen and oxygen atoms in total. The van der Waals surface area contributed by atoms with Crippen LogP contribution in [-0.2, 0) is 11.8 Å². The van der Waals surface area contributed by atoms with E-state index >= 15 is 0 Å². The van der Waals surface area contributed by atoms with Crippen LogP contribution in [0.3, 0.4) is 0 Å². The van der Waals surface area contributed by atoms with Gasteiger partial charge in [-0.1, -0.05) is 18.2 Å². The molecule has 1 aromatic heterocycles. The second kappa shape index (κ2) is 5.44. The summed E-state index contributed by atoms with van der Waals surface area (Å²) >= 11 is 0. The topological polar surface area (TPSA) is 79.5 Å². The molecule has 1 aromatic carbocycles. The Bertz CT molecular complexity index is 697. The van der Waals surface area contributed by atoms with Gasteiger partial charge in [0.05, 0.1) is 11.1 Å². The van der Waals surface area contributed by atoms with E-state index in [-0.39, 0.29) is 16.7 Å². The number of rotatable bonds is 4. The zero-order chi connectivity index (χ0) is 14.7. The van der Waals surface area contributed by atoms with Crippen molar-refractivity contribution in [3.63, 3.8) is 0 Å². The number of aryl methyl sites for hydroxylation is 1. The molecule has 0 aliphatic rings. The van der Waals surface area contributed by atoms with Crippen LogP contribution in [0, 0.1) is 0 Å². The van der Waals surface area contributed by atoms with Crippen LogP contribution in [-0.4, -0.2) is 26.7 Å². The average Bonchev–Trinajstić information content (AvgIpc) is 2.81. The highest BCUT2D eigenvalue weighted by molar-refractivity contribution is 6.22. The predicted molar refractivity (Wildman–Crippen MR) is 74.3 cm³/mol. The summed E-state index contributed by atoms with van der Waals surface area (Å²) in [5, 5.41) is 18.5. The first-order chi connectivity index (χ1) is 9.50. The number of carbonyl (C=O) groups is 2. The minimum atomic E-state index is -1.17. The summed E-state index contributed by atoms with van der Waals surface area (Å²) in [6.45, 7) is 0. The first-order valence-corrected chi connectivity index (χ1v) is 5.89. The van der Waals surface area contributed by atoms with Crippen LogP contribution in [0.2, 0.25) is 0 Å². The monoisotopic (exact) mass is 271 g/mol. The van der Waals surface area contributed by atoms with Crippen LogP contribution >= 0.6 is 0 Å². The van der Waals surface area contributed by atoms with Crippen molar-refractivity contribution in [1.29, 1.82) is 0 Å². The number of carboxylic acids is 2. The number of hydrogen-bond donors (Lipinski definition) is 2. The Labute approximate surface area is 115 Å². The molecule has 0 spiro atoms. The molecular weight excluding hydrogens is 258 g/mol. The van der Waals surface area contributed by atoms with Gasteiger partial charge in [0.15, 0.2) is 0 Å². The molecule has 0 fully saturated rings. The van der Waals surface area contributed by atoms with Crippen LogP contribution in [0.25, 0.3) is 11.6 Å². The minimum absolute atomic E-state index is 0.0321. The van der Waals surface area contributed by atoms with Gasteiger partial charge in [0.2, 0.25) is 0 Å². The van der Waals surface area contributed by atoms with Crippen molar-refractivity contribution < 1.29 is 19.8 Å². The lowest BCUT2D eigenvalue weighted by Gasteiger charge is -2.07. The molecule has 5 heteroatoms. The molecule has 0 saturated carbocycles. The van der Waals surface area contributed by atoms with Crippen molar-refractivity contribution in [2.75, 3.05) is 0 Å². The predicted octanol–water partition coefficient (Wildman–Crippen LogP) is 2.35. The molecule has 20 heavy (non-hydrogen) atoms. The van der Waals surface area contributed by atoms with Crippen molar-refractivity contribution >= 4 is 23.6 Å². The molecule has 0 aliphatic carbocycles. The highest BCUT2D eigenvalue weighted by atomic mass is 16.4. The summed E-state index contributed by atoms with van der Waals surface area (Å²) < 4.78 is 1.76. The van der Waals surface area contributed by atoms with Crippen LogP contribution in [0.1, 0.15) is 21.6 Å². The highest BCUT2D eigenvalue weighted by Gasteiger charge is 2.18. The summed E-state index contributed by atoms with van der Waals surface area (Å²) in [7, 11) is 1.79. The van der Waals surface area contributed by atoms with Crippen LogP contribution in [0.4, 0.5) is 0 Å². The molecular formula is C15H13NO4. The normalized spacial score (nSPS) is 11.3. The fourth-order valence-electron chi connectivity index (χ4n) is 1.93. The van der Waals surface area contributed by atoms with Crippen LogP contribution < -0.4 is 0 Å². The average molecular weight is 271 g/mol. The van der Waals surface area contributed by atoms with E-state index in [0.29, 0.717) is 5.69 Å². The van der Waals surface area contributed by atoms with Gasteiger partial charge >= 0.3 is 11.9 Å². The summed E-state index contributed by atoms with van der Waals surface area (Å²) in [5.41, 5.74) is 0.788. The lowest BCUT2D eigenvalue weighted by Crippen LogP contribution is -2.07. The van der Waals surface area contributed by atoms with E-state index in [9.17, 15) is 14.7 Å². The Hall–Kier alpha value is -2.82. The number of aromatic carboxylic acids is 1. The van der Waals surface area contributed by atoms with E-state index in [1.807, 2.05) is 0 Å². The quantitative estimate of drug-likeness (QED) is 0.836. The van der Waals surface area contributed by atoms with Crippen molar-refractivity contribution in [2.45, 2.75) is 0 Å². The van der Waals surface area contributed by atoms with E-state index in [1.165, 1.54) is 18.2 Å². The molecule has 102 valence electrons. The summed E-state index contributed by atoms with van der Waals surface area (Å²) in [6, 6.07) is 9.60. The Balaban J connectivity index is 2.62. The molecule has 0 aliphatic heterocycles. The maximum Gasteiger partial charge on any atom is 0.336 e. The Morgan fingerprint density at radius 2 is 1.70 bits per heavy atom. The second-order valence-corrected chi connectivity index (χ2v) is 4.26. The van der Waals surface area contributed by atoms with Gasteiger partial charge < -0.3 is 14.8 Å². The number of carboxylic acid groups (broad SMARTS) is 2. The number of hydrogen-bond acceptors (Lipinski definition) is 2. The molecule has 0 bridgehead atoms. The zero-order valence-corrected chi connectivity index (χ0v) is 10.8. The largest absolute Gasteiger partial charge is 0.478 e. The Kier molecular flexibility index (Phi) is 3.70. The first-order valence-electron chi connectivity index (χ1n) is 5.89.